The van der Waals surface area contributed by atoms with Gasteiger partial charge in [0.15, 0.2) is 10.6 Å². The molecule has 0 saturated heterocycles. The molecule has 84 valence electrons. The number of pyridine rings is 1. The maximum absolute atomic E-state index is 5.07. The second-order valence-corrected chi connectivity index (χ2v) is 4.81. The highest BCUT2D eigenvalue weighted by Gasteiger charge is 1.96. The monoisotopic (exact) mass is 299 g/mol. The van der Waals surface area contributed by atoms with Gasteiger partial charge in [0.05, 0.1) is 0 Å². The van der Waals surface area contributed by atoms with E-state index in [9.17, 15) is 0 Å². The molecule has 0 aliphatic rings. The smallest absolute Gasteiger partial charge is 0.193 e. The lowest BCUT2D eigenvalue weighted by molar-refractivity contribution is 0.129. The van der Waals surface area contributed by atoms with Gasteiger partial charge in [-0.25, -0.2) is 9.98 Å². The molecule has 0 aromatic carbocycles. The Morgan fingerprint density at radius 1 is 1.62 bits per heavy atom. The van der Waals surface area contributed by atoms with Crippen LogP contribution in [0.2, 0.25) is 0 Å². The van der Waals surface area contributed by atoms with Crippen molar-refractivity contribution >= 4 is 33.1 Å². The van der Waals surface area contributed by atoms with Crippen molar-refractivity contribution in [3.05, 3.63) is 39.2 Å². The van der Waals surface area contributed by atoms with Crippen LogP contribution in [0.1, 0.15) is 0 Å². The summed E-state index contributed by atoms with van der Waals surface area (Å²) in [6.45, 7) is 0.496. The van der Waals surface area contributed by atoms with Crippen molar-refractivity contribution in [2.45, 2.75) is 6.73 Å². The van der Waals surface area contributed by atoms with E-state index in [1.54, 1.807) is 24.6 Å². The summed E-state index contributed by atoms with van der Waals surface area (Å²) < 4.78 is 7.96. The molecule has 2 rings (SSSR count). The van der Waals surface area contributed by atoms with Crippen molar-refractivity contribution in [2.75, 3.05) is 7.11 Å². The molecule has 0 amide bonds. The van der Waals surface area contributed by atoms with Gasteiger partial charge in [-0.3, -0.25) is 4.57 Å². The maximum atomic E-state index is 5.07. The minimum atomic E-state index is 0.496. The SMILES string of the molecule is COCn1ccsc1=Nc1cc(Br)ccn1. The fourth-order valence-electron chi connectivity index (χ4n) is 1.18. The molecule has 0 unspecified atom stereocenters. The molecular weight excluding hydrogens is 290 g/mol. The minimum Gasteiger partial charge on any atom is -0.364 e. The Hall–Kier alpha value is -0.980. The molecular formula is C10H10BrN3OS. The van der Waals surface area contributed by atoms with Crippen LogP contribution in [0, 0.1) is 0 Å². The lowest BCUT2D eigenvalue weighted by Gasteiger charge is -1.99. The summed E-state index contributed by atoms with van der Waals surface area (Å²) in [5.41, 5.74) is 0. The Morgan fingerprint density at radius 3 is 3.25 bits per heavy atom. The molecule has 0 saturated carbocycles. The Morgan fingerprint density at radius 2 is 2.50 bits per heavy atom. The zero-order valence-electron chi connectivity index (χ0n) is 8.63. The van der Waals surface area contributed by atoms with Crippen LogP contribution in [0.3, 0.4) is 0 Å². The molecule has 0 fully saturated rings. The third kappa shape index (κ3) is 2.78. The molecule has 0 radical (unpaired) electrons. The molecule has 0 atom stereocenters. The van der Waals surface area contributed by atoms with Crippen LogP contribution in [-0.4, -0.2) is 16.7 Å². The first-order valence-corrected chi connectivity index (χ1v) is 6.26. The molecule has 6 heteroatoms. The number of ether oxygens (including phenoxy) is 1. The Bertz CT molecular complexity index is 535. The van der Waals surface area contributed by atoms with E-state index in [1.807, 2.05) is 28.3 Å². The molecule has 0 aliphatic heterocycles. The van der Waals surface area contributed by atoms with E-state index in [0.29, 0.717) is 12.5 Å². The second kappa shape index (κ2) is 5.38. The van der Waals surface area contributed by atoms with Crippen LogP contribution in [0.25, 0.3) is 0 Å². The number of aromatic nitrogens is 2. The third-order valence-corrected chi connectivity index (χ3v) is 3.13. The van der Waals surface area contributed by atoms with Gasteiger partial charge in [-0.2, -0.15) is 0 Å². The maximum Gasteiger partial charge on any atom is 0.193 e. The molecule has 2 heterocycles. The van der Waals surface area contributed by atoms with E-state index in [4.69, 9.17) is 4.74 Å². The van der Waals surface area contributed by atoms with Crippen molar-refractivity contribution in [1.82, 2.24) is 9.55 Å². The third-order valence-electron chi connectivity index (χ3n) is 1.85. The van der Waals surface area contributed by atoms with E-state index in [1.165, 1.54) is 0 Å². The van der Waals surface area contributed by atoms with E-state index in [-0.39, 0.29) is 0 Å². The summed E-state index contributed by atoms with van der Waals surface area (Å²) >= 11 is 4.94. The fraction of sp³-hybridized carbons (Fsp3) is 0.200. The van der Waals surface area contributed by atoms with Crippen LogP contribution in [0.4, 0.5) is 5.82 Å². The molecule has 2 aromatic rings. The first kappa shape index (κ1) is 11.5. The molecule has 0 bridgehead atoms. The average Bonchev–Trinajstić information content (AvgIpc) is 2.66. The van der Waals surface area contributed by atoms with Gasteiger partial charge in [0.25, 0.3) is 0 Å². The van der Waals surface area contributed by atoms with Gasteiger partial charge in [0.2, 0.25) is 0 Å². The van der Waals surface area contributed by atoms with Crippen molar-refractivity contribution < 1.29 is 4.74 Å². The summed E-state index contributed by atoms with van der Waals surface area (Å²) in [6.07, 6.45) is 3.65. The number of thiazole rings is 1. The minimum absolute atomic E-state index is 0.496. The summed E-state index contributed by atoms with van der Waals surface area (Å²) in [5.74, 6) is 0.682. The van der Waals surface area contributed by atoms with E-state index < -0.39 is 0 Å². The van der Waals surface area contributed by atoms with Crippen molar-refractivity contribution in [3.8, 4) is 0 Å². The predicted octanol–water partition coefficient (Wildman–Crippen LogP) is 2.54. The summed E-state index contributed by atoms with van der Waals surface area (Å²) in [5, 5.41) is 1.97. The topological polar surface area (TPSA) is 39.4 Å². The zero-order chi connectivity index (χ0) is 11.4. The van der Waals surface area contributed by atoms with Gasteiger partial charge >= 0.3 is 0 Å². The highest BCUT2D eigenvalue weighted by atomic mass is 79.9. The molecule has 0 N–H and O–H groups in total. The molecule has 16 heavy (non-hydrogen) atoms. The Kier molecular flexibility index (Phi) is 3.87. The first-order valence-electron chi connectivity index (χ1n) is 4.59. The molecule has 0 spiro atoms. The standard InChI is InChI=1S/C10H10BrN3OS/c1-15-7-14-4-5-16-10(14)13-9-6-8(11)2-3-12-9/h2-6H,7H2,1H3. The predicted molar refractivity (Wildman–Crippen MR) is 66.5 cm³/mol. The van der Waals surface area contributed by atoms with Crippen LogP contribution < -0.4 is 4.80 Å². The van der Waals surface area contributed by atoms with Crippen molar-refractivity contribution in [3.63, 3.8) is 0 Å². The van der Waals surface area contributed by atoms with Crippen LogP contribution in [0.15, 0.2) is 39.4 Å². The summed E-state index contributed by atoms with van der Waals surface area (Å²) in [4.78, 5) is 9.48. The largest absolute Gasteiger partial charge is 0.364 e. The zero-order valence-corrected chi connectivity index (χ0v) is 11.0. The summed E-state index contributed by atoms with van der Waals surface area (Å²) in [7, 11) is 1.66. The molecule has 2 aromatic heterocycles. The van der Waals surface area contributed by atoms with Crippen LogP contribution in [0.5, 0.6) is 0 Å². The highest BCUT2D eigenvalue weighted by Crippen LogP contribution is 2.14. The second-order valence-electron chi connectivity index (χ2n) is 3.02. The van der Waals surface area contributed by atoms with E-state index >= 15 is 0 Å². The van der Waals surface area contributed by atoms with Gasteiger partial charge in [-0.15, -0.1) is 11.3 Å². The number of hydrogen-bond donors (Lipinski definition) is 0. The van der Waals surface area contributed by atoms with Gasteiger partial charge in [0, 0.05) is 29.4 Å². The lowest BCUT2D eigenvalue weighted by Crippen LogP contribution is -2.14. The summed E-state index contributed by atoms with van der Waals surface area (Å²) in [6, 6.07) is 3.74. The number of rotatable bonds is 3. The van der Waals surface area contributed by atoms with Crippen molar-refractivity contribution in [1.29, 1.82) is 0 Å². The Balaban J connectivity index is 2.39. The number of hydrogen-bond acceptors (Lipinski definition) is 4. The van der Waals surface area contributed by atoms with Crippen LogP contribution in [-0.2, 0) is 11.5 Å². The lowest BCUT2D eigenvalue weighted by atomic mass is 10.5. The quantitative estimate of drug-likeness (QED) is 0.874. The number of nitrogens with zero attached hydrogens (tertiary/aromatic N) is 3. The number of halogens is 1. The van der Waals surface area contributed by atoms with E-state index in [0.717, 1.165) is 9.27 Å². The first-order chi connectivity index (χ1) is 7.79. The number of methoxy groups -OCH3 is 1. The van der Waals surface area contributed by atoms with Gasteiger partial charge in [-0.05, 0) is 12.1 Å². The normalized spacial score (nSPS) is 12.0. The van der Waals surface area contributed by atoms with Gasteiger partial charge in [-0.1, -0.05) is 15.9 Å². The fourth-order valence-corrected chi connectivity index (χ4v) is 2.22. The molecule has 4 nitrogen and oxygen atoms in total. The molecule has 0 aliphatic carbocycles. The van der Waals surface area contributed by atoms with Crippen molar-refractivity contribution in [2.24, 2.45) is 4.99 Å². The van der Waals surface area contributed by atoms with Gasteiger partial charge < -0.3 is 4.74 Å². The van der Waals surface area contributed by atoms with Gasteiger partial charge in [0.1, 0.15) is 6.73 Å². The van der Waals surface area contributed by atoms with E-state index in [2.05, 4.69) is 25.9 Å². The average molecular weight is 300 g/mol. The highest BCUT2D eigenvalue weighted by molar-refractivity contribution is 9.10. The Labute approximate surface area is 105 Å². The van der Waals surface area contributed by atoms with Crippen LogP contribution >= 0.6 is 27.3 Å².